The van der Waals surface area contributed by atoms with Crippen LogP contribution in [0.1, 0.15) is 4.88 Å². The lowest BCUT2D eigenvalue weighted by Crippen LogP contribution is -2.28. The minimum atomic E-state index is 0.0438. The number of nitrogens with zero attached hydrogens (tertiary/aromatic N) is 2. The largest absolute Gasteiger partial charge is 0.300 e. The summed E-state index contributed by atoms with van der Waals surface area (Å²) < 4.78 is 0.903. The predicted molar refractivity (Wildman–Crippen MR) is 73.4 cm³/mol. The third-order valence-electron chi connectivity index (χ3n) is 2.34. The fourth-order valence-corrected chi connectivity index (χ4v) is 2.31. The second-order valence-corrected chi connectivity index (χ2v) is 5.49. The summed E-state index contributed by atoms with van der Waals surface area (Å²) in [5, 5.41) is 1.97. The molecule has 0 atom stereocenters. The minimum absolute atomic E-state index is 0.0438. The van der Waals surface area contributed by atoms with Gasteiger partial charge in [-0.25, -0.2) is 4.98 Å². The fourth-order valence-electron chi connectivity index (χ4n) is 1.37. The average molecular weight is 311 g/mol. The van der Waals surface area contributed by atoms with Gasteiger partial charge in [-0.15, -0.1) is 11.3 Å². The number of carbonyl (C=O) groups is 1. The molecule has 0 aliphatic rings. The summed E-state index contributed by atoms with van der Waals surface area (Å²) in [5.74, 6) is 0.706. The normalized spacial score (nSPS) is 10.2. The van der Waals surface area contributed by atoms with Crippen molar-refractivity contribution in [2.45, 2.75) is 6.42 Å². The summed E-state index contributed by atoms with van der Waals surface area (Å²) in [7, 11) is 1.74. The van der Waals surface area contributed by atoms with Crippen LogP contribution >= 0.6 is 27.3 Å². The molecular formula is C12H11BrN2OS. The molecular weight excluding hydrogens is 300 g/mol. The average Bonchev–Trinajstić information content (AvgIpc) is 2.82. The van der Waals surface area contributed by atoms with Gasteiger partial charge in [0.1, 0.15) is 5.82 Å². The first-order valence-corrected chi connectivity index (χ1v) is 6.74. The molecule has 0 saturated heterocycles. The van der Waals surface area contributed by atoms with Crippen LogP contribution in [-0.4, -0.2) is 17.9 Å². The number of halogens is 1. The van der Waals surface area contributed by atoms with Gasteiger partial charge in [0.05, 0.1) is 6.42 Å². The number of thiophene rings is 1. The highest BCUT2D eigenvalue weighted by Gasteiger charge is 2.12. The smallest absolute Gasteiger partial charge is 0.233 e. The van der Waals surface area contributed by atoms with Crippen LogP contribution in [-0.2, 0) is 11.2 Å². The molecule has 0 radical (unpaired) electrons. The van der Waals surface area contributed by atoms with Crippen molar-refractivity contribution in [3.05, 3.63) is 45.2 Å². The van der Waals surface area contributed by atoms with E-state index < -0.39 is 0 Å². The van der Waals surface area contributed by atoms with E-state index in [0.29, 0.717) is 12.2 Å². The van der Waals surface area contributed by atoms with Crippen LogP contribution in [0.2, 0.25) is 0 Å². The Hall–Kier alpha value is -1.20. The van der Waals surface area contributed by atoms with Crippen LogP contribution in [0.15, 0.2) is 40.3 Å². The Bertz CT molecular complexity index is 496. The molecule has 0 aliphatic carbocycles. The molecule has 2 heterocycles. The minimum Gasteiger partial charge on any atom is -0.300 e. The molecule has 0 spiro atoms. The maximum absolute atomic E-state index is 12.0. The second kappa shape index (κ2) is 5.42. The molecule has 0 unspecified atom stereocenters. The van der Waals surface area contributed by atoms with Crippen molar-refractivity contribution < 1.29 is 4.79 Å². The molecule has 17 heavy (non-hydrogen) atoms. The van der Waals surface area contributed by atoms with E-state index >= 15 is 0 Å². The predicted octanol–water partition coefficient (Wildman–Crippen LogP) is 3.11. The van der Waals surface area contributed by atoms with E-state index in [9.17, 15) is 4.79 Å². The standard InChI is InChI=1S/C12H11BrN2OS/c1-15(11-5-4-9(13)8-14-11)12(16)7-10-3-2-6-17-10/h2-6,8H,7H2,1H3. The lowest BCUT2D eigenvalue weighted by Gasteiger charge is -2.15. The third kappa shape index (κ3) is 3.14. The van der Waals surface area contributed by atoms with Crippen molar-refractivity contribution in [1.29, 1.82) is 0 Å². The van der Waals surface area contributed by atoms with Crippen molar-refractivity contribution in [3.63, 3.8) is 0 Å². The first-order valence-electron chi connectivity index (χ1n) is 5.07. The summed E-state index contributed by atoms with van der Waals surface area (Å²) in [4.78, 5) is 18.8. The van der Waals surface area contributed by atoms with E-state index in [1.54, 1.807) is 29.5 Å². The van der Waals surface area contributed by atoms with Crippen LogP contribution in [0.25, 0.3) is 0 Å². The van der Waals surface area contributed by atoms with Gasteiger partial charge < -0.3 is 0 Å². The van der Waals surface area contributed by atoms with Gasteiger partial charge in [0, 0.05) is 22.6 Å². The van der Waals surface area contributed by atoms with E-state index in [0.717, 1.165) is 9.35 Å². The van der Waals surface area contributed by atoms with Gasteiger partial charge in [0.2, 0.25) is 5.91 Å². The highest BCUT2D eigenvalue weighted by molar-refractivity contribution is 9.10. The molecule has 2 rings (SSSR count). The molecule has 3 nitrogen and oxygen atoms in total. The van der Waals surface area contributed by atoms with E-state index in [1.165, 1.54) is 0 Å². The Kier molecular flexibility index (Phi) is 3.91. The van der Waals surface area contributed by atoms with Crippen molar-refractivity contribution in [2.75, 3.05) is 11.9 Å². The summed E-state index contributed by atoms with van der Waals surface area (Å²) in [6, 6.07) is 7.60. The second-order valence-electron chi connectivity index (χ2n) is 3.54. The lowest BCUT2D eigenvalue weighted by atomic mass is 10.3. The molecule has 0 aliphatic heterocycles. The number of rotatable bonds is 3. The van der Waals surface area contributed by atoms with Crippen molar-refractivity contribution in [3.8, 4) is 0 Å². The molecule has 5 heteroatoms. The monoisotopic (exact) mass is 310 g/mol. The van der Waals surface area contributed by atoms with Crippen LogP contribution in [0.4, 0.5) is 5.82 Å². The number of amides is 1. The summed E-state index contributed by atoms with van der Waals surface area (Å²) >= 11 is 4.91. The van der Waals surface area contributed by atoms with Gasteiger partial charge in [-0.2, -0.15) is 0 Å². The number of hydrogen-bond donors (Lipinski definition) is 0. The SMILES string of the molecule is CN(C(=O)Cc1cccs1)c1ccc(Br)cn1. The molecule has 0 aromatic carbocycles. The highest BCUT2D eigenvalue weighted by Crippen LogP contribution is 2.16. The molecule has 0 fully saturated rings. The maximum Gasteiger partial charge on any atom is 0.233 e. The Balaban J connectivity index is 2.07. The zero-order valence-corrected chi connectivity index (χ0v) is 11.7. The van der Waals surface area contributed by atoms with Crippen molar-refractivity contribution >= 4 is 39.0 Å². The van der Waals surface area contributed by atoms with E-state index in [-0.39, 0.29) is 5.91 Å². The Morgan fingerprint density at radius 3 is 2.88 bits per heavy atom. The Labute approximate surface area is 112 Å². The topological polar surface area (TPSA) is 33.2 Å². The van der Waals surface area contributed by atoms with Crippen molar-refractivity contribution in [2.24, 2.45) is 0 Å². The van der Waals surface area contributed by atoms with Gasteiger partial charge in [-0.05, 0) is 39.5 Å². The molecule has 2 aromatic rings. The number of likely N-dealkylation sites (N-methyl/N-ethyl adjacent to an activating group) is 1. The molecule has 0 bridgehead atoms. The first-order chi connectivity index (χ1) is 8.16. The van der Waals surface area contributed by atoms with Crippen LogP contribution < -0.4 is 4.90 Å². The van der Waals surface area contributed by atoms with E-state index in [4.69, 9.17) is 0 Å². The Morgan fingerprint density at radius 2 is 2.29 bits per heavy atom. The van der Waals surface area contributed by atoms with Gasteiger partial charge in [0.15, 0.2) is 0 Å². The van der Waals surface area contributed by atoms with Gasteiger partial charge in [0.25, 0.3) is 0 Å². The Morgan fingerprint density at radius 1 is 1.47 bits per heavy atom. The summed E-state index contributed by atoms with van der Waals surface area (Å²) in [6.45, 7) is 0. The number of anilines is 1. The first kappa shape index (κ1) is 12.3. The van der Waals surface area contributed by atoms with Crippen LogP contribution in [0, 0.1) is 0 Å². The number of pyridine rings is 1. The maximum atomic E-state index is 12.0. The van der Waals surface area contributed by atoms with Crippen LogP contribution in [0.5, 0.6) is 0 Å². The zero-order chi connectivity index (χ0) is 12.3. The van der Waals surface area contributed by atoms with Crippen molar-refractivity contribution in [1.82, 2.24) is 4.98 Å². The van der Waals surface area contributed by atoms with E-state index in [2.05, 4.69) is 20.9 Å². The molecule has 0 saturated carbocycles. The molecule has 2 aromatic heterocycles. The lowest BCUT2D eigenvalue weighted by molar-refractivity contribution is -0.117. The van der Waals surface area contributed by atoms with Gasteiger partial charge in [-0.1, -0.05) is 6.07 Å². The highest BCUT2D eigenvalue weighted by atomic mass is 79.9. The molecule has 1 amide bonds. The number of carbonyl (C=O) groups excluding carboxylic acids is 1. The summed E-state index contributed by atoms with van der Waals surface area (Å²) in [5.41, 5.74) is 0. The number of hydrogen-bond acceptors (Lipinski definition) is 3. The van der Waals surface area contributed by atoms with Gasteiger partial charge in [-0.3, -0.25) is 9.69 Å². The third-order valence-corrected chi connectivity index (χ3v) is 3.68. The fraction of sp³-hybridized carbons (Fsp3) is 0.167. The van der Waals surface area contributed by atoms with E-state index in [1.807, 2.05) is 29.6 Å². The summed E-state index contributed by atoms with van der Waals surface area (Å²) in [6.07, 6.45) is 2.11. The molecule has 88 valence electrons. The zero-order valence-electron chi connectivity index (χ0n) is 9.26. The number of aromatic nitrogens is 1. The van der Waals surface area contributed by atoms with Gasteiger partial charge >= 0.3 is 0 Å². The van der Waals surface area contributed by atoms with Crippen LogP contribution in [0.3, 0.4) is 0 Å². The molecule has 0 N–H and O–H groups in total. The quantitative estimate of drug-likeness (QED) is 0.872.